The molecular weight excluding hydrogens is 310 g/mol. The number of carbonyl (C=O) groups excluding carboxylic acids is 1. The van der Waals surface area contributed by atoms with Crippen LogP contribution < -0.4 is 10.1 Å². The Bertz CT molecular complexity index is 902. The molecule has 0 fully saturated rings. The van der Waals surface area contributed by atoms with Crippen molar-refractivity contribution < 1.29 is 9.53 Å². The van der Waals surface area contributed by atoms with Crippen molar-refractivity contribution in [3.63, 3.8) is 0 Å². The van der Waals surface area contributed by atoms with E-state index in [4.69, 9.17) is 4.74 Å². The summed E-state index contributed by atoms with van der Waals surface area (Å²) in [5, 5.41) is 2.61. The van der Waals surface area contributed by atoms with Crippen molar-refractivity contribution in [2.24, 2.45) is 0 Å². The molecule has 0 aliphatic heterocycles. The van der Waals surface area contributed by atoms with Gasteiger partial charge in [-0.25, -0.2) is 4.98 Å². The molecule has 118 valence electrons. The van der Waals surface area contributed by atoms with Gasteiger partial charge in [0.2, 0.25) is 0 Å². The number of aromatic amines is 1. The number of imidazole rings is 1. The highest BCUT2D eigenvalue weighted by Gasteiger charge is 2.15. The summed E-state index contributed by atoms with van der Waals surface area (Å²) in [6.45, 7) is 1.98. The SMILES string of the molecule is CNC(=O)c1ccc2nc(-c3ccc(C)c(S)c3OC)[nH]c2c1. The fourth-order valence-corrected chi connectivity index (χ4v) is 2.77. The summed E-state index contributed by atoms with van der Waals surface area (Å²) in [7, 11) is 3.22. The molecule has 0 saturated heterocycles. The van der Waals surface area contributed by atoms with E-state index in [1.807, 2.05) is 25.1 Å². The fraction of sp³-hybridized carbons (Fsp3) is 0.176. The molecule has 1 aromatic heterocycles. The number of thiol groups is 1. The van der Waals surface area contributed by atoms with Gasteiger partial charge in [0.25, 0.3) is 5.91 Å². The van der Waals surface area contributed by atoms with E-state index in [0.717, 1.165) is 27.1 Å². The van der Waals surface area contributed by atoms with E-state index in [1.54, 1.807) is 26.3 Å². The smallest absolute Gasteiger partial charge is 0.251 e. The summed E-state index contributed by atoms with van der Waals surface area (Å²) >= 11 is 4.51. The van der Waals surface area contributed by atoms with Crippen molar-refractivity contribution >= 4 is 29.6 Å². The monoisotopic (exact) mass is 327 g/mol. The van der Waals surface area contributed by atoms with Crippen LogP contribution in [0.15, 0.2) is 35.2 Å². The van der Waals surface area contributed by atoms with Crippen LogP contribution in [0, 0.1) is 6.92 Å². The number of nitrogens with one attached hydrogen (secondary N) is 2. The molecule has 5 nitrogen and oxygen atoms in total. The van der Waals surface area contributed by atoms with E-state index < -0.39 is 0 Å². The van der Waals surface area contributed by atoms with Crippen LogP contribution in [0.1, 0.15) is 15.9 Å². The van der Waals surface area contributed by atoms with Gasteiger partial charge in [0.15, 0.2) is 0 Å². The number of methoxy groups -OCH3 is 1. The number of carbonyl (C=O) groups is 1. The van der Waals surface area contributed by atoms with Crippen LogP contribution in [0.4, 0.5) is 0 Å². The molecule has 0 aliphatic carbocycles. The zero-order chi connectivity index (χ0) is 16.6. The Labute approximate surface area is 139 Å². The molecule has 0 radical (unpaired) electrons. The lowest BCUT2D eigenvalue weighted by molar-refractivity contribution is 0.0963. The third-order valence-electron chi connectivity index (χ3n) is 3.76. The molecule has 0 atom stereocenters. The number of amides is 1. The first-order valence-corrected chi connectivity index (χ1v) is 7.58. The number of fused-ring (bicyclic) bond motifs is 1. The zero-order valence-corrected chi connectivity index (χ0v) is 14.0. The van der Waals surface area contributed by atoms with Crippen LogP contribution in [0.3, 0.4) is 0 Å². The fourth-order valence-electron chi connectivity index (χ4n) is 2.49. The molecule has 3 rings (SSSR count). The molecule has 6 heteroatoms. The summed E-state index contributed by atoms with van der Waals surface area (Å²) < 4.78 is 5.49. The zero-order valence-electron chi connectivity index (χ0n) is 13.1. The molecule has 23 heavy (non-hydrogen) atoms. The second-order valence-corrected chi connectivity index (χ2v) is 5.66. The summed E-state index contributed by atoms with van der Waals surface area (Å²) in [5.74, 6) is 1.23. The molecule has 1 heterocycles. The van der Waals surface area contributed by atoms with E-state index in [0.29, 0.717) is 17.1 Å². The Hall–Kier alpha value is -2.47. The second-order valence-electron chi connectivity index (χ2n) is 5.21. The number of hydrogen-bond acceptors (Lipinski definition) is 4. The Morgan fingerprint density at radius 3 is 2.78 bits per heavy atom. The molecule has 2 aromatic carbocycles. The number of nitrogens with zero attached hydrogens (tertiary/aromatic N) is 1. The molecule has 0 unspecified atom stereocenters. The predicted octanol–water partition coefficient (Wildman–Crippen LogP) is 3.20. The number of aryl methyl sites for hydroxylation is 1. The number of ether oxygens (including phenoxy) is 1. The molecule has 2 N–H and O–H groups in total. The van der Waals surface area contributed by atoms with Gasteiger partial charge < -0.3 is 15.0 Å². The van der Waals surface area contributed by atoms with E-state index in [2.05, 4.69) is 27.9 Å². The maximum absolute atomic E-state index is 11.7. The van der Waals surface area contributed by atoms with Crippen molar-refractivity contribution in [3.8, 4) is 17.1 Å². The maximum atomic E-state index is 11.7. The minimum atomic E-state index is -0.131. The molecule has 1 amide bonds. The maximum Gasteiger partial charge on any atom is 0.251 e. The Morgan fingerprint density at radius 1 is 1.30 bits per heavy atom. The highest BCUT2D eigenvalue weighted by Crippen LogP contribution is 2.36. The highest BCUT2D eigenvalue weighted by molar-refractivity contribution is 7.80. The minimum absolute atomic E-state index is 0.131. The summed E-state index contributed by atoms with van der Waals surface area (Å²) in [5.41, 5.74) is 4.04. The van der Waals surface area contributed by atoms with E-state index >= 15 is 0 Å². The highest BCUT2D eigenvalue weighted by atomic mass is 32.1. The van der Waals surface area contributed by atoms with Crippen LogP contribution in [0.2, 0.25) is 0 Å². The summed E-state index contributed by atoms with van der Waals surface area (Å²) in [4.78, 5) is 20.4. The minimum Gasteiger partial charge on any atom is -0.495 e. The molecule has 0 saturated carbocycles. The molecule has 0 aliphatic rings. The van der Waals surface area contributed by atoms with Crippen LogP contribution >= 0.6 is 12.6 Å². The Kier molecular flexibility index (Phi) is 4.00. The third kappa shape index (κ3) is 2.66. The van der Waals surface area contributed by atoms with Gasteiger partial charge in [-0.2, -0.15) is 0 Å². The Balaban J connectivity index is 2.14. The van der Waals surface area contributed by atoms with Gasteiger partial charge in [-0.05, 0) is 36.8 Å². The van der Waals surface area contributed by atoms with Gasteiger partial charge in [-0.3, -0.25) is 4.79 Å². The van der Waals surface area contributed by atoms with Crippen molar-refractivity contribution in [1.29, 1.82) is 0 Å². The molecule has 0 bridgehead atoms. The third-order valence-corrected chi connectivity index (χ3v) is 4.32. The average molecular weight is 327 g/mol. The van der Waals surface area contributed by atoms with Gasteiger partial charge in [0.05, 0.1) is 23.7 Å². The molecule has 3 aromatic rings. The van der Waals surface area contributed by atoms with Gasteiger partial charge in [-0.1, -0.05) is 6.07 Å². The van der Waals surface area contributed by atoms with E-state index in [-0.39, 0.29) is 5.91 Å². The van der Waals surface area contributed by atoms with Gasteiger partial charge in [0, 0.05) is 17.5 Å². The first kappa shape index (κ1) is 15.4. The number of H-pyrrole nitrogens is 1. The first-order valence-electron chi connectivity index (χ1n) is 7.14. The topological polar surface area (TPSA) is 67.0 Å². The van der Waals surface area contributed by atoms with Crippen molar-refractivity contribution in [2.75, 3.05) is 14.2 Å². The van der Waals surface area contributed by atoms with Crippen LogP contribution in [-0.2, 0) is 0 Å². The van der Waals surface area contributed by atoms with Crippen LogP contribution in [0.25, 0.3) is 22.4 Å². The van der Waals surface area contributed by atoms with Crippen LogP contribution in [-0.4, -0.2) is 30.0 Å². The van der Waals surface area contributed by atoms with Gasteiger partial charge in [-0.15, -0.1) is 12.6 Å². The molecule has 0 spiro atoms. The van der Waals surface area contributed by atoms with Crippen molar-refractivity contribution in [1.82, 2.24) is 15.3 Å². The first-order chi connectivity index (χ1) is 11.0. The number of hydrogen-bond donors (Lipinski definition) is 3. The van der Waals surface area contributed by atoms with Gasteiger partial charge >= 0.3 is 0 Å². The largest absolute Gasteiger partial charge is 0.495 e. The lowest BCUT2D eigenvalue weighted by atomic mass is 10.1. The number of benzene rings is 2. The number of rotatable bonds is 3. The normalized spacial score (nSPS) is 10.8. The van der Waals surface area contributed by atoms with E-state index in [1.165, 1.54) is 0 Å². The standard InChI is InChI=1S/C17H17N3O2S/c1-9-4-6-11(14(22-3)15(9)23)16-19-12-7-5-10(17(21)18-2)8-13(12)20-16/h4-8,23H,1-3H3,(H,18,21)(H,19,20). The molecular formula is C17H17N3O2S. The van der Waals surface area contributed by atoms with E-state index in [9.17, 15) is 4.79 Å². The predicted molar refractivity (Wildman–Crippen MR) is 93.5 cm³/mol. The van der Waals surface area contributed by atoms with Crippen molar-refractivity contribution in [3.05, 3.63) is 41.5 Å². The van der Waals surface area contributed by atoms with Gasteiger partial charge in [0.1, 0.15) is 11.6 Å². The number of aromatic nitrogens is 2. The van der Waals surface area contributed by atoms with Crippen LogP contribution in [0.5, 0.6) is 5.75 Å². The Morgan fingerprint density at radius 2 is 2.09 bits per heavy atom. The lowest BCUT2D eigenvalue weighted by Gasteiger charge is -2.10. The average Bonchev–Trinajstić information content (AvgIpc) is 2.99. The lowest BCUT2D eigenvalue weighted by Crippen LogP contribution is -2.17. The van der Waals surface area contributed by atoms with Crippen molar-refractivity contribution in [2.45, 2.75) is 11.8 Å². The second kappa shape index (κ2) is 5.96. The quantitative estimate of drug-likeness (QED) is 0.647. The summed E-state index contributed by atoms with van der Waals surface area (Å²) in [6, 6.07) is 9.28. The summed E-state index contributed by atoms with van der Waals surface area (Å²) in [6.07, 6.45) is 0.